The van der Waals surface area contributed by atoms with E-state index in [-0.39, 0.29) is 21.5 Å². The topological polar surface area (TPSA) is 96.6 Å². The van der Waals surface area contributed by atoms with Gasteiger partial charge < -0.3 is 14.8 Å². The fraction of sp³-hybridized carbons (Fsp3) is 0. The van der Waals surface area contributed by atoms with Crippen molar-refractivity contribution in [3.05, 3.63) is 86.5 Å². The lowest BCUT2D eigenvalue weighted by Gasteiger charge is -2.06. The normalized spacial score (nSPS) is 10.8. The molecule has 144 valence electrons. The minimum absolute atomic E-state index is 0.0594. The number of nitrogens with one attached hydrogen (secondary N) is 1. The number of para-hydroxylation sites is 1. The minimum atomic E-state index is -1.20. The number of hydrogen-bond acceptors (Lipinski definition) is 5. The summed E-state index contributed by atoms with van der Waals surface area (Å²) in [6.45, 7) is 0. The first kappa shape index (κ1) is 18.9. The number of rotatable bonds is 4. The highest BCUT2D eigenvalue weighted by Crippen LogP contribution is 2.36. The molecule has 0 aliphatic carbocycles. The minimum Gasteiger partial charge on any atom is -0.478 e. The SMILES string of the molecule is O=C(O)c1c(-c2ccc(Cl)cc2)csc1NC(=O)c1coc2ccccc2c1=O. The summed E-state index contributed by atoms with van der Waals surface area (Å²) in [6.07, 6.45) is 1.08. The van der Waals surface area contributed by atoms with Crippen molar-refractivity contribution in [1.82, 2.24) is 0 Å². The van der Waals surface area contributed by atoms with Crippen molar-refractivity contribution >= 4 is 50.8 Å². The van der Waals surface area contributed by atoms with E-state index < -0.39 is 17.3 Å². The Balaban J connectivity index is 1.72. The summed E-state index contributed by atoms with van der Waals surface area (Å²) in [5, 5.41) is 14.8. The Morgan fingerprint density at radius 2 is 1.79 bits per heavy atom. The van der Waals surface area contributed by atoms with Crippen molar-refractivity contribution in [3.63, 3.8) is 0 Å². The molecule has 0 bridgehead atoms. The number of carboxylic acids is 1. The number of aromatic carboxylic acids is 1. The molecule has 8 heteroatoms. The molecule has 0 aliphatic rings. The van der Waals surface area contributed by atoms with Crippen molar-refractivity contribution in [3.8, 4) is 11.1 Å². The number of hydrogen-bond donors (Lipinski definition) is 2. The number of amides is 1. The first-order chi connectivity index (χ1) is 14.0. The highest BCUT2D eigenvalue weighted by Gasteiger charge is 2.23. The van der Waals surface area contributed by atoms with E-state index in [9.17, 15) is 19.5 Å². The number of halogens is 1. The largest absolute Gasteiger partial charge is 0.478 e. The molecule has 4 rings (SSSR count). The Labute approximate surface area is 173 Å². The zero-order valence-corrected chi connectivity index (χ0v) is 16.2. The monoisotopic (exact) mass is 425 g/mol. The van der Waals surface area contributed by atoms with Crippen molar-refractivity contribution < 1.29 is 19.1 Å². The maximum atomic E-state index is 12.7. The van der Waals surface area contributed by atoms with E-state index in [2.05, 4.69) is 5.32 Å². The molecule has 0 unspecified atom stereocenters. The average molecular weight is 426 g/mol. The Kier molecular flexibility index (Phi) is 4.92. The Bertz CT molecular complexity index is 1310. The second kappa shape index (κ2) is 7.54. The third kappa shape index (κ3) is 3.53. The number of fused-ring (bicyclic) bond motifs is 1. The molecule has 6 nitrogen and oxygen atoms in total. The molecule has 0 saturated carbocycles. The quantitative estimate of drug-likeness (QED) is 0.472. The molecule has 29 heavy (non-hydrogen) atoms. The predicted molar refractivity (Wildman–Crippen MR) is 112 cm³/mol. The van der Waals surface area contributed by atoms with Gasteiger partial charge in [-0.25, -0.2) is 4.79 Å². The number of anilines is 1. The highest BCUT2D eigenvalue weighted by molar-refractivity contribution is 7.15. The van der Waals surface area contributed by atoms with Gasteiger partial charge in [0.25, 0.3) is 5.91 Å². The summed E-state index contributed by atoms with van der Waals surface area (Å²) in [5.41, 5.74) is 0.697. The third-order valence-electron chi connectivity index (χ3n) is 4.31. The maximum absolute atomic E-state index is 12.7. The fourth-order valence-electron chi connectivity index (χ4n) is 2.91. The first-order valence-electron chi connectivity index (χ1n) is 8.38. The van der Waals surface area contributed by atoms with Crippen LogP contribution in [0.5, 0.6) is 0 Å². The van der Waals surface area contributed by atoms with Crippen LogP contribution in [0.2, 0.25) is 5.02 Å². The first-order valence-corrected chi connectivity index (χ1v) is 9.64. The van der Waals surface area contributed by atoms with Gasteiger partial charge in [-0.1, -0.05) is 35.9 Å². The zero-order chi connectivity index (χ0) is 20.5. The van der Waals surface area contributed by atoms with Crippen LogP contribution in [-0.4, -0.2) is 17.0 Å². The average Bonchev–Trinajstić information content (AvgIpc) is 3.12. The summed E-state index contributed by atoms with van der Waals surface area (Å²) in [6, 6.07) is 13.3. The van der Waals surface area contributed by atoms with Crippen LogP contribution in [0, 0.1) is 0 Å². The lowest BCUT2D eigenvalue weighted by Crippen LogP contribution is -2.21. The van der Waals surface area contributed by atoms with E-state index >= 15 is 0 Å². The third-order valence-corrected chi connectivity index (χ3v) is 5.46. The van der Waals surface area contributed by atoms with Crippen LogP contribution in [-0.2, 0) is 0 Å². The summed E-state index contributed by atoms with van der Waals surface area (Å²) < 4.78 is 5.36. The molecule has 0 saturated heterocycles. The van der Waals surface area contributed by atoms with E-state index in [4.69, 9.17) is 16.0 Å². The Hall–Kier alpha value is -3.42. The maximum Gasteiger partial charge on any atom is 0.339 e. The second-order valence-corrected chi connectivity index (χ2v) is 7.41. The number of carbonyl (C=O) groups excluding carboxylic acids is 1. The number of carbonyl (C=O) groups is 2. The van der Waals surface area contributed by atoms with Crippen LogP contribution in [0.15, 0.2) is 69.4 Å². The second-order valence-electron chi connectivity index (χ2n) is 6.09. The van der Waals surface area contributed by atoms with Crippen LogP contribution in [0.4, 0.5) is 5.00 Å². The van der Waals surface area contributed by atoms with Crippen LogP contribution < -0.4 is 10.7 Å². The van der Waals surface area contributed by atoms with E-state index in [1.807, 2.05) is 0 Å². The molecule has 0 radical (unpaired) electrons. The van der Waals surface area contributed by atoms with Crippen LogP contribution in [0.1, 0.15) is 20.7 Å². The smallest absolute Gasteiger partial charge is 0.339 e. The van der Waals surface area contributed by atoms with Crippen molar-refractivity contribution in [2.45, 2.75) is 0 Å². The highest BCUT2D eigenvalue weighted by atomic mass is 35.5. The van der Waals surface area contributed by atoms with Gasteiger partial charge in [0.1, 0.15) is 28.0 Å². The number of carboxylic acid groups (broad SMARTS) is 1. The lowest BCUT2D eigenvalue weighted by molar-refractivity contribution is 0.0699. The van der Waals surface area contributed by atoms with Gasteiger partial charge in [-0.15, -0.1) is 11.3 Å². The Morgan fingerprint density at radius 1 is 1.07 bits per heavy atom. The van der Waals surface area contributed by atoms with Gasteiger partial charge in [-0.05, 0) is 29.8 Å². The summed E-state index contributed by atoms with van der Waals surface area (Å²) in [4.78, 5) is 37.1. The molecular formula is C21H12ClNO5S. The van der Waals surface area contributed by atoms with Gasteiger partial charge in [0.05, 0.1) is 5.39 Å². The summed E-state index contributed by atoms with van der Waals surface area (Å²) in [7, 11) is 0. The molecule has 2 aromatic carbocycles. The molecule has 2 heterocycles. The molecule has 0 aliphatic heterocycles. The predicted octanol–water partition coefficient (Wildman–Crippen LogP) is 5.13. The molecule has 1 amide bonds. The van der Waals surface area contributed by atoms with Gasteiger partial charge >= 0.3 is 5.97 Å². The van der Waals surface area contributed by atoms with Crippen molar-refractivity contribution in [2.24, 2.45) is 0 Å². The molecule has 0 atom stereocenters. The molecule has 2 N–H and O–H groups in total. The number of benzene rings is 2. The lowest BCUT2D eigenvalue weighted by atomic mass is 10.0. The number of thiophene rings is 1. The summed E-state index contributed by atoms with van der Waals surface area (Å²) >= 11 is 6.95. The van der Waals surface area contributed by atoms with Crippen LogP contribution in [0.3, 0.4) is 0 Å². The van der Waals surface area contributed by atoms with Crippen LogP contribution in [0.25, 0.3) is 22.1 Å². The van der Waals surface area contributed by atoms with Crippen LogP contribution >= 0.6 is 22.9 Å². The standard InChI is InChI=1S/C21H12ClNO5S/c22-12-7-5-11(6-8-12)15-10-29-20(17(15)21(26)27)23-19(25)14-9-28-16-4-2-1-3-13(16)18(14)24/h1-10H,(H,23,25)(H,26,27). The van der Waals surface area contributed by atoms with Gasteiger partial charge in [0.2, 0.25) is 5.43 Å². The van der Waals surface area contributed by atoms with E-state index in [0.29, 0.717) is 21.7 Å². The van der Waals surface area contributed by atoms with Crippen molar-refractivity contribution in [2.75, 3.05) is 5.32 Å². The molecule has 0 fully saturated rings. The van der Waals surface area contributed by atoms with Gasteiger partial charge in [-0.2, -0.15) is 0 Å². The van der Waals surface area contributed by atoms with E-state index in [0.717, 1.165) is 17.6 Å². The van der Waals surface area contributed by atoms with E-state index in [1.54, 1.807) is 53.9 Å². The molecule has 4 aromatic rings. The fourth-order valence-corrected chi connectivity index (χ4v) is 3.99. The van der Waals surface area contributed by atoms with E-state index in [1.165, 1.54) is 0 Å². The van der Waals surface area contributed by atoms with Crippen molar-refractivity contribution in [1.29, 1.82) is 0 Å². The zero-order valence-electron chi connectivity index (χ0n) is 14.6. The summed E-state index contributed by atoms with van der Waals surface area (Å²) in [5.74, 6) is -1.94. The molecular weight excluding hydrogens is 414 g/mol. The van der Waals surface area contributed by atoms with Gasteiger partial charge in [0.15, 0.2) is 0 Å². The Morgan fingerprint density at radius 3 is 2.52 bits per heavy atom. The molecule has 0 spiro atoms. The van der Waals surface area contributed by atoms with Gasteiger partial charge in [0, 0.05) is 16.0 Å². The molecule has 2 aromatic heterocycles. The van der Waals surface area contributed by atoms with Gasteiger partial charge in [-0.3, -0.25) is 9.59 Å².